The number of nitro groups is 1. The minimum Gasteiger partial charge on any atom is -0.451 e. The maximum Gasteiger partial charge on any atom is 0.326 e. The minimum absolute atomic E-state index is 0.0720. The van der Waals surface area contributed by atoms with Crippen molar-refractivity contribution in [3.8, 4) is 0 Å². The SMILES string of the molecule is CC(OC(=O)CNC(=O)C12CC3CC(CC(C3)C1)C2)C(=O)Nc1cccc([N+](=O)[O-])c1. The van der Waals surface area contributed by atoms with E-state index in [-0.39, 0.29) is 29.2 Å². The standard InChI is InChI=1S/C22H27N3O6/c1-13(20(27)24-17-3-2-4-18(8-17)25(29)30)31-19(26)12-23-21(28)22-9-14-5-15(10-22)7-16(6-14)11-22/h2-4,8,13-16H,5-7,9-12H2,1H3,(H,23,28)(H,24,27). The van der Waals surface area contributed by atoms with Crippen LogP contribution < -0.4 is 10.6 Å². The highest BCUT2D eigenvalue weighted by Crippen LogP contribution is 2.60. The summed E-state index contributed by atoms with van der Waals surface area (Å²) in [6.45, 7) is 1.13. The van der Waals surface area contributed by atoms with E-state index >= 15 is 0 Å². The molecule has 1 aromatic carbocycles. The molecule has 0 radical (unpaired) electrons. The lowest BCUT2D eigenvalue weighted by atomic mass is 9.49. The number of nitrogens with zero attached hydrogens (tertiary/aromatic N) is 1. The third kappa shape index (κ3) is 4.55. The number of carbonyl (C=O) groups is 3. The Hall–Kier alpha value is -2.97. The molecule has 9 heteroatoms. The number of non-ortho nitro benzene ring substituents is 1. The Labute approximate surface area is 180 Å². The molecule has 2 N–H and O–H groups in total. The molecule has 9 nitrogen and oxygen atoms in total. The number of carbonyl (C=O) groups excluding carboxylic acids is 3. The van der Waals surface area contributed by atoms with E-state index < -0.39 is 22.9 Å². The Bertz CT molecular complexity index is 879. The largest absolute Gasteiger partial charge is 0.451 e. The van der Waals surface area contributed by atoms with Gasteiger partial charge in [0.15, 0.2) is 6.10 Å². The first-order valence-electron chi connectivity index (χ1n) is 10.8. The van der Waals surface area contributed by atoms with Gasteiger partial charge >= 0.3 is 5.97 Å². The highest BCUT2D eigenvalue weighted by atomic mass is 16.6. The maximum atomic E-state index is 12.9. The molecule has 166 valence electrons. The summed E-state index contributed by atoms with van der Waals surface area (Å²) in [5.41, 5.74) is -0.271. The van der Waals surface area contributed by atoms with Crippen molar-refractivity contribution < 1.29 is 24.0 Å². The van der Waals surface area contributed by atoms with Gasteiger partial charge in [-0.15, -0.1) is 0 Å². The van der Waals surface area contributed by atoms with Crippen LogP contribution >= 0.6 is 0 Å². The molecule has 2 amide bonds. The van der Waals surface area contributed by atoms with Gasteiger partial charge in [0, 0.05) is 23.2 Å². The summed E-state index contributed by atoms with van der Waals surface area (Å²) < 4.78 is 5.13. The first-order chi connectivity index (χ1) is 14.7. The molecule has 4 aliphatic rings. The Morgan fingerprint density at radius 2 is 1.77 bits per heavy atom. The van der Waals surface area contributed by atoms with Crippen LogP contribution in [0.2, 0.25) is 0 Å². The molecule has 0 saturated heterocycles. The van der Waals surface area contributed by atoms with Crippen molar-refractivity contribution in [1.82, 2.24) is 5.32 Å². The second-order valence-corrected chi connectivity index (χ2v) is 9.31. The van der Waals surface area contributed by atoms with Gasteiger partial charge in [-0.25, -0.2) is 0 Å². The van der Waals surface area contributed by atoms with Gasteiger partial charge in [0.1, 0.15) is 6.54 Å². The van der Waals surface area contributed by atoms with Gasteiger partial charge in [-0.2, -0.15) is 0 Å². The fourth-order valence-corrected chi connectivity index (χ4v) is 5.96. The average Bonchev–Trinajstić information content (AvgIpc) is 2.71. The number of anilines is 1. The van der Waals surface area contributed by atoms with Crippen molar-refractivity contribution in [3.05, 3.63) is 34.4 Å². The van der Waals surface area contributed by atoms with Crippen molar-refractivity contribution in [2.24, 2.45) is 23.2 Å². The molecule has 0 aliphatic heterocycles. The lowest BCUT2D eigenvalue weighted by Gasteiger charge is -2.55. The predicted molar refractivity (Wildman–Crippen MR) is 111 cm³/mol. The van der Waals surface area contributed by atoms with Crippen molar-refractivity contribution in [3.63, 3.8) is 0 Å². The molecule has 4 aliphatic carbocycles. The van der Waals surface area contributed by atoms with Crippen molar-refractivity contribution in [2.45, 2.75) is 51.6 Å². The molecule has 4 saturated carbocycles. The summed E-state index contributed by atoms with van der Waals surface area (Å²) in [6, 6.07) is 5.49. The third-order valence-electron chi connectivity index (χ3n) is 6.92. The number of hydrogen-bond donors (Lipinski definition) is 2. The van der Waals surface area contributed by atoms with Gasteiger partial charge in [0.2, 0.25) is 5.91 Å². The van der Waals surface area contributed by atoms with Crippen LogP contribution in [-0.2, 0) is 19.1 Å². The zero-order valence-corrected chi connectivity index (χ0v) is 17.5. The number of nitrogens with one attached hydrogen (secondary N) is 2. The van der Waals surface area contributed by atoms with Crippen LogP contribution in [-0.4, -0.2) is 35.4 Å². The molecular weight excluding hydrogens is 402 g/mol. The molecule has 4 bridgehead atoms. The summed E-state index contributed by atoms with van der Waals surface area (Å²) in [6.07, 6.45) is 5.29. The molecule has 5 rings (SSSR count). The summed E-state index contributed by atoms with van der Waals surface area (Å²) in [4.78, 5) is 47.6. The minimum atomic E-state index is -1.11. The highest BCUT2D eigenvalue weighted by molar-refractivity contribution is 5.95. The number of nitro benzene ring substituents is 1. The number of esters is 1. The van der Waals surface area contributed by atoms with Gasteiger partial charge in [-0.1, -0.05) is 6.07 Å². The highest BCUT2D eigenvalue weighted by Gasteiger charge is 2.54. The Morgan fingerprint density at radius 1 is 1.16 bits per heavy atom. The van der Waals surface area contributed by atoms with Crippen LogP contribution in [0.3, 0.4) is 0 Å². The quantitative estimate of drug-likeness (QED) is 0.390. The maximum absolute atomic E-state index is 12.9. The van der Waals surface area contributed by atoms with Crippen LogP contribution in [0.5, 0.6) is 0 Å². The number of rotatable bonds is 7. The monoisotopic (exact) mass is 429 g/mol. The first kappa shape index (κ1) is 21.3. The zero-order valence-electron chi connectivity index (χ0n) is 17.5. The van der Waals surface area contributed by atoms with Crippen molar-refractivity contribution in [2.75, 3.05) is 11.9 Å². The van der Waals surface area contributed by atoms with Crippen LogP contribution in [0.25, 0.3) is 0 Å². The van der Waals surface area contributed by atoms with Gasteiger partial charge in [0.25, 0.3) is 11.6 Å². The van der Waals surface area contributed by atoms with Crippen molar-refractivity contribution >= 4 is 29.2 Å². The van der Waals surface area contributed by atoms with E-state index in [1.165, 1.54) is 50.5 Å². The average molecular weight is 429 g/mol. The fourth-order valence-electron chi connectivity index (χ4n) is 5.96. The number of hydrogen-bond acceptors (Lipinski definition) is 6. The number of amides is 2. The molecule has 31 heavy (non-hydrogen) atoms. The topological polar surface area (TPSA) is 128 Å². The number of benzene rings is 1. The Balaban J connectivity index is 1.26. The Morgan fingerprint density at radius 3 is 2.35 bits per heavy atom. The molecule has 0 heterocycles. The normalized spacial score (nSPS) is 29.1. The van der Waals surface area contributed by atoms with E-state index in [0.717, 1.165) is 19.3 Å². The Kier molecular flexibility index (Phi) is 5.68. The molecule has 0 spiro atoms. The predicted octanol–water partition coefficient (Wildman–Crippen LogP) is 2.80. The molecule has 1 aromatic rings. The van der Waals surface area contributed by atoms with E-state index in [1.54, 1.807) is 0 Å². The van der Waals surface area contributed by atoms with Crippen LogP contribution in [0.4, 0.5) is 11.4 Å². The van der Waals surface area contributed by atoms with Crippen LogP contribution in [0, 0.1) is 33.3 Å². The molecule has 0 aromatic heterocycles. The van der Waals surface area contributed by atoms with Crippen LogP contribution in [0.15, 0.2) is 24.3 Å². The summed E-state index contributed by atoms with van der Waals surface area (Å²) in [7, 11) is 0. The van der Waals surface area contributed by atoms with E-state index in [0.29, 0.717) is 17.8 Å². The van der Waals surface area contributed by atoms with E-state index in [1.807, 2.05) is 0 Å². The summed E-state index contributed by atoms with van der Waals surface area (Å²) in [5.74, 6) is 0.503. The molecular formula is C22H27N3O6. The fraction of sp³-hybridized carbons (Fsp3) is 0.591. The third-order valence-corrected chi connectivity index (χ3v) is 6.92. The van der Waals surface area contributed by atoms with Gasteiger partial charge in [0.05, 0.1) is 4.92 Å². The second-order valence-electron chi connectivity index (χ2n) is 9.31. The van der Waals surface area contributed by atoms with E-state index in [2.05, 4.69) is 10.6 Å². The number of ether oxygens (including phenoxy) is 1. The van der Waals surface area contributed by atoms with Crippen LogP contribution in [0.1, 0.15) is 45.4 Å². The summed E-state index contributed by atoms with van der Waals surface area (Å²) >= 11 is 0. The molecule has 4 fully saturated rings. The van der Waals surface area contributed by atoms with Crippen molar-refractivity contribution in [1.29, 1.82) is 0 Å². The smallest absolute Gasteiger partial charge is 0.326 e. The summed E-state index contributed by atoms with van der Waals surface area (Å²) in [5, 5.41) is 16.1. The first-order valence-corrected chi connectivity index (χ1v) is 10.8. The molecule has 1 unspecified atom stereocenters. The van der Waals surface area contributed by atoms with Gasteiger partial charge in [-0.3, -0.25) is 24.5 Å². The van der Waals surface area contributed by atoms with Gasteiger partial charge < -0.3 is 15.4 Å². The van der Waals surface area contributed by atoms with Gasteiger partial charge in [-0.05, 0) is 69.3 Å². The molecule has 1 atom stereocenters. The zero-order chi connectivity index (χ0) is 22.2. The second kappa shape index (κ2) is 8.28. The lowest BCUT2D eigenvalue weighted by molar-refractivity contribution is -0.384. The lowest BCUT2D eigenvalue weighted by Crippen LogP contribution is -2.54. The van der Waals surface area contributed by atoms with E-state index in [9.17, 15) is 24.5 Å². The van der Waals surface area contributed by atoms with E-state index in [4.69, 9.17) is 4.74 Å².